The summed E-state index contributed by atoms with van der Waals surface area (Å²) in [5.41, 5.74) is 0. The van der Waals surface area contributed by atoms with E-state index >= 15 is 0 Å². The highest BCUT2D eigenvalue weighted by Crippen LogP contribution is 2.27. The van der Waals surface area contributed by atoms with Gasteiger partial charge < -0.3 is 0 Å². The van der Waals surface area contributed by atoms with Crippen LogP contribution < -0.4 is 5.19 Å². The molecule has 1 aromatic carbocycles. The van der Waals surface area contributed by atoms with E-state index in [1.165, 1.54) is 0 Å². The third-order valence-corrected chi connectivity index (χ3v) is 42.3. The van der Waals surface area contributed by atoms with Gasteiger partial charge in [-0.05, 0) is 11.7 Å². The molecule has 89 valence electrons. The smallest absolute Gasteiger partial charge is 0.248 e. The average Bonchev–Trinajstić information content (AvgIpc) is 2.17. The van der Waals surface area contributed by atoms with Crippen molar-refractivity contribution in [2.75, 3.05) is 0 Å². The fourth-order valence-electron chi connectivity index (χ4n) is 1.83. The summed E-state index contributed by atoms with van der Waals surface area (Å²) in [6.07, 6.45) is 0. The minimum absolute atomic E-state index is 1.11. The highest BCUT2D eigenvalue weighted by atomic mass is 29.6. The maximum Gasteiger partial charge on any atom is 0.248 e. The lowest BCUT2D eigenvalue weighted by Gasteiger charge is -2.43. The van der Waals surface area contributed by atoms with Crippen molar-refractivity contribution in [3.8, 4) is 0 Å². The Kier molecular flexibility index (Phi) is 3.69. The van der Waals surface area contributed by atoms with Crippen LogP contribution in [0.5, 0.6) is 0 Å². The van der Waals surface area contributed by atoms with Crippen molar-refractivity contribution in [3.63, 3.8) is 0 Å². The minimum atomic E-state index is -2.49. The van der Waals surface area contributed by atoms with Gasteiger partial charge in [-0.1, -0.05) is 63.1 Å². The van der Waals surface area contributed by atoms with Gasteiger partial charge in [-0.2, -0.15) is 0 Å². The molecule has 0 fully saturated rings. The first-order chi connectivity index (χ1) is 7.11. The van der Waals surface area contributed by atoms with Gasteiger partial charge in [0.25, 0.3) is 0 Å². The molecule has 0 bridgehead atoms. The number of hydrogen-bond acceptors (Lipinski definition) is 0. The number of hydrogen-bond donors (Lipinski definition) is 0. The van der Waals surface area contributed by atoms with Crippen LogP contribution in [0.15, 0.2) is 30.3 Å². The molecule has 0 spiro atoms. The molecule has 0 aliphatic heterocycles. The van der Waals surface area contributed by atoms with E-state index in [0.717, 1.165) is 5.19 Å². The predicted molar refractivity (Wildman–Crippen MR) is 79.2 cm³/mol. The third-order valence-electron chi connectivity index (χ3n) is 4.39. The van der Waals surface area contributed by atoms with Crippen LogP contribution in [-0.2, 0) is 4.80 Å². The predicted octanol–water partition coefficient (Wildman–Crippen LogP) is 3.10. The Labute approximate surface area is 102 Å². The van der Waals surface area contributed by atoms with Crippen LogP contribution >= 0.6 is 0 Å². The second-order valence-electron chi connectivity index (χ2n) is 6.27. The van der Waals surface area contributed by atoms with Crippen LogP contribution in [0, 0.1) is 0 Å². The first kappa shape index (κ1) is 13.9. The van der Waals surface area contributed by atoms with Crippen LogP contribution in [0.3, 0.4) is 0 Å². The zero-order valence-electron chi connectivity index (χ0n) is 11.3. The number of benzene rings is 1. The molecule has 16 heavy (non-hydrogen) atoms. The summed E-state index contributed by atoms with van der Waals surface area (Å²) in [5, 5.41) is 1.11. The molecule has 1 atom stereocenters. The van der Waals surface area contributed by atoms with Crippen molar-refractivity contribution < 1.29 is 4.80 Å². The highest BCUT2D eigenvalue weighted by Gasteiger charge is 2.55. The lowest BCUT2D eigenvalue weighted by atomic mass is 10.4. The van der Waals surface area contributed by atoms with Crippen LogP contribution in [0.1, 0.15) is 0 Å². The molecule has 4 heteroatoms. The Balaban J connectivity index is 3.22. The summed E-state index contributed by atoms with van der Waals surface area (Å²) in [5.74, 6) is 0. The van der Waals surface area contributed by atoms with Crippen molar-refractivity contribution in [2.45, 2.75) is 39.3 Å². The molecule has 0 aromatic heterocycles. The fraction of sp³-hybridized carbons (Fsp3) is 0.500. The number of rotatable bonds is 3. The van der Waals surface area contributed by atoms with Crippen LogP contribution in [0.4, 0.5) is 0 Å². The molecule has 1 unspecified atom stereocenters. The zero-order valence-corrected chi connectivity index (χ0v) is 14.3. The maximum atomic E-state index is 13.2. The minimum Gasteiger partial charge on any atom is -0.296 e. The van der Waals surface area contributed by atoms with E-state index in [4.69, 9.17) is 0 Å². The van der Waals surface area contributed by atoms with Gasteiger partial charge in [0.1, 0.15) is 0 Å². The topological polar surface area (TPSA) is 19.9 Å². The molecule has 1 nitrogen and oxygen atoms in total. The van der Waals surface area contributed by atoms with Gasteiger partial charge in [0.05, 0.1) is 7.11 Å². The Bertz CT molecular complexity index is 352. The second-order valence-corrected chi connectivity index (χ2v) is 33.0. The molecule has 0 amide bonds. The normalized spacial score (nSPS) is 16.9. The van der Waals surface area contributed by atoms with Crippen LogP contribution in [0.2, 0.25) is 39.3 Å². The molecule has 1 radical (unpaired) electrons. The standard InChI is InChI=1S/C12H23OSi3/c1-14(2,3)15(4,5)16(6,13)12-10-8-7-9-11-12/h7-11H,1-6H3. The first-order valence-electron chi connectivity index (χ1n) is 5.86. The SMILES string of the molecule is C[Si](C)(C)[Si](C)(C)[Si](C)([O])c1ccccc1. The fourth-order valence-corrected chi connectivity index (χ4v) is 26.0. The van der Waals surface area contributed by atoms with Gasteiger partial charge in [-0.15, -0.1) is 0 Å². The molecule has 0 aliphatic rings. The van der Waals surface area contributed by atoms with Gasteiger partial charge in [-0.25, -0.2) is 0 Å². The van der Waals surface area contributed by atoms with E-state index in [0.29, 0.717) is 0 Å². The van der Waals surface area contributed by atoms with Gasteiger partial charge in [0, 0.05) is 7.59 Å². The van der Waals surface area contributed by atoms with Gasteiger partial charge >= 0.3 is 0 Å². The summed E-state index contributed by atoms with van der Waals surface area (Å²) in [6, 6.07) is 10.1. The quantitative estimate of drug-likeness (QED) is 0.750. The zero-order chi connectivity index (χ0) is 12.6. The largest absolute Gasteiger partial charge is 0.296 e. The Morgan fingerprint density at radius 2 is 1.25 bits per heavy atom. The molecule has 0 aliphatic carbocycles. The van der Waals surface area contributed by atoms with E-state index in [2.05, 4.69) is 32.7 Å². The molecule has 1 rings (SSSR count). The summed E-state index contributed by atoms with van der Waals surface area (Å²) in [7, 11) is -5.46. The van der Waals surface area contributed by atoms with E-state index in [1.807, 2.05) is 36.9 Å². The summed E-state index contributed by atoms with van der Waals surface area (Å²) < 4.78 is 0. The summed E-state index contributed by atoms with van der Waals surface area (Å²) in [4.78, 5) is 13.2. The molecule has 0 saturated heterocycles. The van der Waals surface area contributed by atoms with E-state index in [9.17, 15) is 4.80 Å². The van der Waals surface area contributed by atoms with Crippen molar-refractivity contribution in [3.05, 3.63) is 30.3 Å². The maximum absolute atomic E-state index is 13.2. The van der Waals surface area contributed by atoms with Crippen molar-refractivity contribution in [1.82, 2.24) is 0 Å². The lowest BCUT2D eigenvalue weighted by Crippen LogP contribution is -2.74. The first-order valence-corrected chi connectivity index (χ1v) is 16.8. The van der Waals surface area contributed by atoms with E-state index < -0.39 is 22.5 Å². The van der Waals surface area contributed by atoms with Gasteiger partial charge in [-0.3, -0.25) is 4.80 Å². The van der Waals surface area contributed by atoms with Gasteiger partial charge in [0.15, 0.2) is 0 Å². The molecule has 1 aromatic rings. The van der Waals surface area contributed by atoms with Gasteiger partial charge in [0.2, 0.25) is 7.83 Å². The molecular formula is C12H23OSi3. The summed E-state index contributed by atoms with van der Waals surface area (Å²) >= 11 is 0. The van der Waals surface area contributed by atoms with Crippen molar-refractivity contribution in [1.29, 1.82) is 0 Å². The highest BCUT2D eigenvalue weighted by molar-refractivity contribution is 7.69. The lowest BCUT2D eigenvalue weighted by molar-refractivity contribution is 0.454. The average molecular weight is 268 g/mol. The Morgan fingerprint density at radius 1 is 0.812 bits per heavy atom. The molecule has 0 saturated carbocycles. The molecule has 0 heterocycles. The Hall–Kier alpha value is -0.169. The third kappa shape index (κ3) is 2.25. The monoisotopic (exact) mass is 267 g/mol. The van der Waals surface area contributed by atoms with Crippen molar-refractivity contribution in [2.24, 2.45) is 0 Å². The van der Waals surface area contributed by atoms with Crippen molar-refractivity contribution >= 4 is 27.7 Å². The Morgan fingerprint density at radius 3 is 1.62 bits per heavy atom. The summed E-state index contributed by atoms with van der Waals surface area (Å²) in [6.45, 7) is 13.8. The van der Waals surface area contributed by atoms with E-state index in [-0.39, 0.29) is 0 Å². The second kappa shape index (κ2) is 4.25. The molecular weight excluding hydrogens is 244 g/mol. The van der Waals surface area contributed by atoms with Crippen LogP contribution in [0.25, 0.3) is 0 Å². The van der Waals surface area contributed by atoms with E-state index in [1.54, 1.807) is 0 Å². The van der Waals surface area contributed by atoms with Crippen LogP contribution in [-0.4, -0.2) is 22.5 Å². The molecule has 0 N–H and O–H groups in total.